The van der Waals surface area contributed by atoms with Crippen molar-refractivity contribution in [3.8, 4) is 0 Å². The molecule has 2 nitrogen and oxygen atoms in total. The summed E-state index contributed by atoms with van der Waals surface area (Å²) in [4.78, 5) is 10.7. The number of furan rings is 1. The maximum atomic E-state index is 10.7. The van der Waals surface area contributed by atoms with Crippen LogP contribution in [0.3, 0.4) is 0 Å². The molecule has 0 bridgehead atoms. The van der Waals surface area contributed by atoms with Crippen molar-refractivity contribution in [1.29, 1.82) is 0 Å². The number of rotatable bonds is 2. The van der Waals surface area contributed by atoms with Gasteiger partial charge in [-0.3, -0.25) is 4.79 Å². The van der Waals surface area contributed by atoms with Crippen LogP contribution < -0.4 is 0 Å². The van der Waals surface area contributed by atoms with Gasteiger partial charge in [-0.2, -0.15) is 0 Å². The molecular weight excluding hydrogens is 232 g/mol. The quantitative estimate of drug-likeness (QED) is 0.744. The molecule has 0 unspecified atom stereocenters. The molecule has 70 valence electrons. The fraction of sp³-hybridized carbons (Fsp3) is 0.500. The molecule has 0 N–H and O–H groups in total. The Morgan fingerprint density at radius 3 is 2.77 bits per heavy atom. The first-order valence-electron chi connectivity index (χ1n) is 4.55. The second-order valence-corrected chi connectivity index (χ2v) is 4.20. The molecule has 1 fully saturated rings. The minimum Gasteiger partial charge on any atom is -0.457 e. The van der Waals surface area contributed by atoms with Crippen molar-refractivity contribution in [2.24, 2.45) is 0 Å². The van der Waals surface area contributed by atoms with Crippen LogP contribution in [0.25, 0.3) is 0 Å². The zero-order valence-corrected chi connectivity index (χ0v) is 8.84. The summed E-state index contributed by atoms with van der Waals surface area (Å²) in [5.74, 6) is 0.522. The number of carbonyl (C=O) groups is 1. The number of hydrogen-bond acceptors (Lipinski definition) is 2. The highest BCUT2D eigenvalue weighted by Gasteiger charge is 2.24. The summed E-state index contributed by atoms with van der Waals surface area (Å²) in [6, 6.07) is 0. The molecule has 0 aliphatic heterocycles. The first-order chi connectivity index (χ1) is 6.33. The summed E-state index contributed by atoms with van der Waals surface area (Å²) in [6.07, 6.45) is 7.30. The summed E-state index contributed by atoms with van der Waals surface area (Å²) in [6.45, 7) is 0. The molecule has 0 radical (unpaired) electrons. The van der Waals surface area contributed by atoms with Gasteiger partial charge in [0, 0.05) is 5.56 Å². The minimum atomic E-state index is 0.522. The molecule has 1 aromatic heterocycles. The Hall–Kier alpha value is -0.570. The maximum absolute atomic E-state index is 10.7. The van der Waals surface area contributed by atoms with Gasteiger partial charge < -0.3 is 4.42 Å². The topological polar surface area (TPSA) is 30.2 Å². The van der Waals surface area contributed by atoms with Crippen molar-refractivity contribution in [3.05, 3.63) is 22.1 Å². The molecule has 0 saturated heterocycles. The van der Waals surface area contributed by atoms with E-state index < -0.39 is 0 Å². The van der Waals surface area contributed by atoms with Crippen molar-refractivity contribution in [2.45, 2.75) is 31.6 Å². The Kier molecular flexibility index (Phi) is 2.54. The molecular formula is C10H11BrO2. The van der Waals surface area contributed by atoms with E-state index in [1.807, 2.05) is 0 Å². The highest BCUT2D eigenvalue weighted by molar-refractivity contribution is 9.10. The van der Waals surface area contributed by atoms with Crippen LogP contribution in [0.2, 0.25) is 0 Å². The Labute approximate surface area is 85.4 Å². The molecule has 13 heavy (non-hydrogen) atoms. The lowest BCUT2D eigenvalue weighted by Gasteiger charge is -2.06. The van der Waals surface area contributed by atoms with E-state index in [2.05, 4.69) is 15.9 Å². The SMILES string of the molecule is O=Cc1coc(Br)c1C1CCCC1. The van der Waals surface area contributed by atoms with Crippen LogP contribution in [0, 0.1) is 0 Å². The Balaban J connectivity index is 2.35. The predicted molar refractivity (Wildman–Crippen MR) is 53.0 cm³/mol. The van der Waals surface area contributed by atoms with Crippen LogP contribution in [0.15, 0.2) is 15.3 Å². The number of halogens is 1. The van der Waals surface area contributed by atoms with Gasteiger partial charge in [0.25, 0.3) is 0 Å². The van der Waals surface area contributed by atoms with Crippen molar-refractivity contribution < 1.29 is 9.21 Å². The second kappa shape index (κ2) is 3.66. The van der Waals surface area contributed by atoms with E-state index in [0.29, 0.717) is 11.5 Å². The molecule has 0 amide bonds. The molecule has 1 saturated carbocycles. The first kappa shape index (κ1) is 9.00. The van der Waals surface area contributed by atoms with Gasteiger partial charge in [0.2, 0.25) is 0 Å². The Morgan fingerprint density at radius 2 is 2.15 bits per heavy atom. The summed E-state index contributed by atoms with van der Waals surface area (Å²) in [5.41, 5.74) is 1.78. The van der Waals surface area contributed by atoms with Gasteiger partial charge in [-0.1, -0.05) is 12.8 Å². The predicted octanol–water partition coefficient (Wildman–Crippen LogP) is 3.51. The number of aldehydes is 1. The third-order valence-electron chi connectivity index (χ3n) is 2.70. The van der Waals surface area contributed by atoms with E-state index >= 15 is 0 Å². The van der Waals surface area contributed by atoms with Gasteiger partial charge in [-0.05, 0) is 34.7 Å². The molecule has 1 aliphatic carbocycles. The van der Waals surface area contributed by atoms with Crippen LogP contribution in [0.1, 0.15) is 47.5 Å². The van der Waals surface area contributed by atoms with Gasteiger partial charge >= 0.3 is 0 Å². The Bertz CT molecular complexity index is 311. The van der Waals surface area contributed by atoms with Crippen molar-refractivity contribution in [1.82, 2.24) is 0 Å². The third-order valence-corrected chi connectivity index (χ3v) is 3.32. The molecule has 3 heteroatoms. The highest BCUT2D eigenvalue weighted by Crippen LogP contribution is 2.39. The fourth-order valence-corrected chi connectivity index (χ4v) is 2.70. The smallest absolute Gasteiger partial charge is 0.173 e. The zero-order chi connectivity index (χ0) is 9.26. The van der Waals surface area contributed by atoms with Gasteiger partial charge in [0.05, 0.1) is 5.56 Å². The fourth-order valence-electron chi connectivity index (χ4n) is 2.06. The molecule has 0 spiro atoms. The van der Waals surface area contributed by atoms with E-state index in [9.17, 15) is 4.79 Å². The normalized spacial score (nSPS) is 17.9. The summed E-state index contributed by atoms with van der Waals surface area (Å²) < 4.78 is 5.92. The molecule has 1 aromatic rings. The molecule has 1 aliphatic rings. The molecule has 2 rings (SSSR count). The van der Waals surface area contributed by atoms with Gasteiger partial charge in [0.15, 0.2) is 11.0 Å². The average molecular weight is 243 g/mol. The second-order valence-electron chi connectivity index (χ2n) is 3.48. The van der Waals surface area contributed by atoms with Gasteiger partial charge in [-0.25, -0.2) is 0 Å². The van der Waals surface area contributed by atoms with Gasteiger partial charge in [-0.15, -0.1) is 0 Å². The molecule has 0 aromatic carbocycles. The van der Waals surface area contributed by atoms with Crippen LogP contribution in [0.5, 0.6) is 0 Å². The summed E-state index contributed by atoms with van der Waals surface area (Å²) in [7, 11) is 0. The lowest BCUT2D eigenvalue weighted by atomic mass is 9.97. The average Bonchev–Trinajstić information content (AvgIpc) is 2.72. The monoisotopic (exact) mass is 242 g/mol. The van der Waals surface area contributed by atoms with E-state index in [-0.39, 0.29) is 0 Å². The van der Waals surface area contributed by atoms with Crippen LogP contribution in [-0.4, -0.2) is 6.29 Å². The lowest BCUT2D eigenvalue weighted by Crippen LogP contribution is -1.95. The van der Waals surface area contributed by atoms with E-state index in [4.69, 9.17) is 4.42 Å². The molecule has 0 atom stereocenters. The third kappa shape index (κ3) is 1.57. The van der Waals surface area contributed by atoms with Crippen LogP contribution in [0.4, 0.5) is 0 Å². The first-order valence-corrected chi connectivity index (χ1v) is 5.34. The highest BCUT2D eigenvalue weighted by atomic mass is 79.9. The maximum Gasteiger partial charge on any atom is 0.173 e. The van der Waals surface area contributed by atoms with Crippen molar-refractivity contribution >= 4 is 22.2 Å². The van der Waals surface area contributed by atoms with Crippen LogP contribution in [-0.2, 0) is 0 Å². The lowest BCUT2D eigenvalue weighted by molar-refractivity contribution is 0.112. The number of carbonyl (C=O) groups excluding carboxylic acids is 1. The van der Waals surface area contributed by atoms with Crippen molar-refractivity contribution in [2.75, 3.05) is 0 Å². The summed E-state index contributed by atoms with van der Waals surface area (Å²) in [5, 5.41) is 0. The van der Waals surface area contributed by atoms with E-state index in [1.165, 1.54) is 31.9 Å². The van der Waals surface area contributed by atoms with E-state index in [1.54, 1.807) is 0 Å². The van der Waals surface area contributed by atoms with E-state index in [0.717, 1.165) is 16.5 Å². The van der Waals surface area contributed by atoms with Crippen LogP contribution >= 0.6 is 15.9 Å². The van der Waals surface area contributed by atoms with Crippen molar-refractivity contribution in [3.63, 3.8) is 0 Å². The molecule has 1 heterocycles. The Morgan fingerprint density at radius 1 is 1.46 bits per heavy atom. The van der Waals surface area contributed by atoms with Gasteiger partial charge in [0.1, 0.15) is 6.26 Å². The minimum absolute atomic E-state index is 0.522. The number of hydrogen-bond donors (Lipinski definition) is 0. The zero-order valence-electron chi connectivity index (χ0n) is 7.25. The summed E-state index contributed by atoms with van der Waals surface area (Å²) >= 11 is 3.34. The largest absolute Gasteiger partial charge is 0.457 e. The standard InChI is InChI=1S/C10H11BrO2/c11-10-9(7-3-1-2-4-7)8(5-12)6-13-10/h5-7H,1-4H2.